The monoisotopic (exact) mass is 320 g/mol. The molecule has 1 atom stereocenters. The van der Waals surface area contributed by atoms with Crippen LogP contribution in [0.5, 0.6) is 0 Å². The molecule has 0 aliphatic heterocycles. The number of benzene rings is 3. The minimum Gasteiger partial charge on any atom is -0.383 e. The summed E-state index contributed by atoms with van der Waals surface area (Å²) in [4.78, 5) is 0. The molecular weight excluding hydrogens is 300 g/mol. The SMILES string of the molecule is OC(S)CC(c1ccccc1)(c1ccccc1)c1ccccc1. The second kappa shape index (κ2) is 7.03. The predicted octanol–water partition coefficient (Wildman–Crippen LogP) is 4.66. The molecule has 0 aliphatic carbocycles. The second-order valence-corrected chi connectivity index (χ2v) is 6.28. The van der Waals surface area contributed by atoms with Crippen LogP contribution in [0.25, 0.3) is 0 Å². The molecule has 0 fully saturated rings. The number of hydrogen-bond donors (Lipinski definition) is 2. The molecule has 3 rings (SSSR count). The van der Waals surface area contributed by atoms with Crippen LogP contribution in [0.15, 0.2) is 91.0 Å². The second-order valence-electron chi connectivity index (χ2n) is 5.69. The van der Waals surface area contributed by atoms with E-state index in [0.717, 1.165) is 16.7 Å². The summed E-state index contributed by atoms with van der Waals surface area (Å²) in [6, 6.07) is 31.0. The molecule has 0 amide bonds. The summed E-state index contributed by atoms with van der Waals surface area (Å²) in [6.07, 6.45) is 0.508. The number of aliphatic hydroxyl groups excluding tert-OH is 1. The number of thiol groups is 1. The maximum absolute atomic E-state index is 10.1. The predicted molar refractivity (Wildman–Crippen MR) is 98.8 cm³/mol. The van der Waals surface area contributed by atoms with Crippen molar-refractivity contribution in [2.75, 3.05) is 0 Å². The summed E-state index contributed by atoms with van der Waals surface area (Å²) in [5, 5.41) is 10.1. The van der Waals surface area contributed by atoms with Crippen molar-refractivity contribution in [3.63, 3.8) is 0 Å². The molecule has 0 aliphatic rings. The summed E-state index contributed by atoms with van der Waals surface area (Å²) in [6.45, 7) is 0. The number of hydrogen-bond acceptors (Lipinski definition) is 2. The van der Waals surface area contributed by atoms with Gasteiger partial charge < -0.3 is 5.11 Å². The summed E-state index contributed by atoms with van der Waals surface area (Å²) >= 11 is 4.30. The van der Waals surface area contributed by atoms with Crippen molar-refractivity contribution in [1.29, 1.82) is 0 Å². The van der Waals surface area contributed by atoms with Crippen LogP contribution in [0, 0.1) is 0 Å². The summed E-state index contributed by atoms with van der Waals surface area (Å²) in [7, 11) is 0. The van der Waals surface area contributed by atoms with Crippen molar-refractivity contribution < 1.29 is 5.11 Å². The van der Waals surface area contributed by atoms with Crippen molar-refractivity contribution in [2.45, 2.75) is 17.3 Å². The zero-order valence-electron chi connectivity index (χ0n) is 12.8. The van der Waals surface area contributed by atoms with Crippen LogP contribution < -0.4 is 0 Å². The van der Waals surface area contributed by atoms with Crippen LogP contribution >= 0.6 is 12.6 Å². The van der Waals surface area contributed by atoms with Gasteiger partial charge in [-0.2, -0.15) is 0 Å². The van der Waals surface area contributed by atoms with E-state index >= 15 is 0 Å². The first kappa shape index (κ1) is 15.9. The first-order valence-electron chi connectivity index (χ1n) is 7.76. The van der Waals surface area contributed by atoms with Crippen LogP contribution in [0.1, 0.15) is 23.1 Å². The molecule has 0 spiro atoms. The highest BCUT2D eigenvalue weighted by Crippen LogP contribution is 2.43. The highest BCUT2D eigenvalue weighted by Gasteiger charge is 2.37. The van der Waals surface area contributed by atoms with Gasteiger partial charge in [-0.05, 0) is 16.7 Å². The first-order chi connectivity index (χ1) is 11.2. The third-order valence-corrected chi connectivity index (χ3v) is 4.47. The van der Waals surface area contributed by atoms with E-state index in [1.54, 1.807) is 0 Å². The Morgan fingerprint density at radius 2 is 0.957 bits per heavy atom. The molecule has 1 nitrogen and oxygen atoms in total. The summed E-state index contributed by atoms with van der Waals surface area (Å²) < 4.78 is 0. The van der Waals surface area contributed by atoms with E-state index in [-0.39, 0.29) is 0 Å². The van der Waals surface area contributed by atoms with Gasteiger partial charge >= 0.3 is 0 Å². The molecule has 0 radical (unpaired) electrons. The zero-order valence-corrected chi connectivity index (χ0v) is 13.7. The van der Waals surface area contributed by atoms with E-state index in [9.17, 15) is 5.11 Å². The van der Waals surface area contributed by atoms with Gasteiger partial charge in [-0.25, -0.2) is 0 Å². The highest BCUT2D eigenvalue weighted by molar-refractivity contribution is 7.80. The van der Waals surface area contributed by atoms with Gasteiger partial charge in [0.15, 0.2) is 0 Å². The highest BCUT2D eigenvalue weighted by atomic mass is 32.1. The van der Waals surface area contributed by atoms with Crippen molar-refractivity contribution in [3.05, 3.63) is 108 Å². The van der Waals surface area contributed by atoms with Crippen LogP contribution in [-0.2, 0) is 5.41 Å². The quantitative estimate of drug-likeness (QED) is 0.398. The Bertz CT molecular complexity index is 627. The van der Waals surface area contributed by atoms with Crippen LogP contribution in [0.3, 0.4) is 0 Å². The Morgan fingerprint density at radius 1 is 0.652 bits per heavy atom. The fourth-order valence-corrected chi connectivity index (χ4v) is 3.57. The average Bonchev–Trinajstić information content (AvgIpc) is 2.62. The molecule has 0 bridgehead atoms. The Balaban J connectivity index is 2.30. The van der Waals surface area contributed by atoms with Crippen LogP contribution in [-0.4, -0.2) is 10.5 Å². The molecule has 3 aromatic carbocycles. The normalized spacial score (nSPS) is 12.8. The molecule has 0 heterocycles. The fraction of sp³-hybridized carbons (Fsp3) is 0.143. The van der Waals surface area contributed by atoms with E-state index in [2.05, 4.69) is 49.0 Å². The Hall–Kier alpha value is -2.03. The van der Waals surface area contributed by atoms with Crippen LogP contribution in [0.2, 0.25) is 0 Å². The van der Waals surface area contributed by atoms with Crippen molar-refractivity contribution in [1.82, 2.24) is 0 Å². The third kappa shape index (κ3) is 3.19. The molecule has 0 aromatic heterocycles. The minimum atomic E-state index is -0.712. The average molecular weight is 320 g/mol. The Morgan fingerprint density at radius 3 is 1.22 bits per heavy atom. The molecule has 0 saturated carbocycles. The van der Waals surface area contributed by atoms with E-state index < -0.39 is 10.9 Å². The van der Waals surface area contributed by atoms with Gasteiger partial charge in [0.2, 0.25) is 0 Å². The molecule has 116 valence electrons. The lowest BCUT2D eigenvalue weighted by Gasteiger charge is -2.37. The lowest BCUT2D eigenvalue weighted by atomic mass is 9.67. The minimum absolute atomic E-state index is 0.426. The van der Waals surface area contributed by atoms with E-state index in [1.807, 2.05) is 54.6 Å². The van der Waals surface area contributed by atoms with Gasteiger partial charge in [-0.3, -0.25) is 0 Å². The molecule has 23 heavy (non-hydrogen) atoms. The van der Waals surface area contributed by atoms with Gasteiger partial charge in [0.25, 0.3) is 0 Å². The lowest BCUT2D eigenvalue weighted by molar-refractivity contribution is 0.233. The molecule has 1 unspecified atom stereocenters. The van der Waals surface area contributed by atoms with Crippen molar-refractivity contribution in [3.8, 4) is 0 Å². The third-order valence-electron chi connectivity index (χ3n) is 4.29. The van der Waals surface area contributed by atoms with Gasteiger partial charge in [-0.1, -0.05) is 91.0 Å². The fourth-order valence-electron chi connectivity index (χ4n) is 3.30. The molecule has 3 aromatic rings. The van der Waals surface area contributed by atoms with E-state index in [4.69, 9.17) is 0 Å². The number of rotatable bonds is 5. The molecule has 0 saturated heterocycles. The maximum atomic E-state index is 10.1. The molecule has 1 N–H and O–H groups in total. The van der Waals surface area contributed by atoms with Gasteiger partial charge in [0, 0.05) is 11.8 Å². The topological polar surface area (TPSA) is 20.2 Å². The Kier molecular flexibility index (Phi) is 4.85. The smallest absolute Gasteiger partial charge is 0.0979 e. The number of aliphatic hydroxyl groups is 1. The first-order valence-corrected chi connectivity index (χ1v) is 8.28. The maximum Gasteiger partial charge on any atom is 0.0979 e. The molecule has 2 heteroatoms. The Labute approximate surface area is 143 Å². The van der Waals surface area contributed by atoms with Gasteiger partial charge in [0.1, 0.15) is 0 Å². The van der Waals surface area contributed by atoms with Crippen molar-refractivity contribution in [2.24, 2.45) is 0 Å². The van der Waals surface area contributed by atoms with Gasteiger partial charge in [-0.15, -0.1) is 12.6 Å². The van der Waals surface area contributed by atoms with E-state index in [0.29, 0.717) is 6.42 Å². The van der Waals surface area contributed by atoms with Crippen LogP contribution in [0.4, 0.5) is 0 Å². The zero-order chi connectivity index (χ0) is 16.1. The van der Waals surface area contributed by atoms with Crippen molar-refractivity contribution >= 4 is 12.6 Å². The summed E-state index contributed by atoms with van der Waals surface area (Å²) in [5.41, 5.74) is 2.34. The largest absolute Gasteiger partial charge is 0.383 e. The molecular formula is C21H20OS. The van der Waals surface area contributed by atoms with Gasteiger partial charge in [0.05, 0.1) is 5.44 Å². The summed E-state index contributed by atoms with van der Waals surface area (Å²) in [5.74, 6) is 0. The lowest BCUT2D eigenvalue weighted by Crippen LogP contribution is -2.32. The standard InChI is InChI=1S/C21H20OS/c22-20(23)16-21(17-10-4-1-5-11-17,18-12-6-2-7-13-18)19-14-8-3-9-15-19/h1-15,20,22-23H,16H2. The van der Waals surface area contributed by atoms with E-state index in [1.165, 1.54) is 0 Å².